The van der Waals surface area contributed by atoms with Gasteiger partial charge in [-0.15, -0.1) is 0 Å². The van der Waals surface area contributed by atoms with Crippen LogP contribution in [0, 0.1) is 5.92 Å². The van der Waals surface area contributed by atoms with Gasteiger partial charge in [-0.1, -0.05) is 20.3 Å². The van der Waals surface area contributed by atoms with Gasteiger partial charge >= 0.3 is 0 Å². The van der Waals surface area contributed by atoms with Crippen LogP contribution in [0.5, 0.6) is 0 Å². The monoisotopic (exact) mass is 276 g/mol. The lowest BCUT2D eigenvalue weighted by atomic mass is 9.98. The molecule has 0 radical (unpaired) electrons. The molecule has 1 rings (SSSR count). The topological polar surface area (TPSA) is 80.5 Å². The van der Waals surface area contributed by atoms with Crippen molar-refractivity contribution in [2.45, 2.75) is 45.7 Å². The van der Waals surface area contributed by atoms with Gasteiger partial charge in [0.15, 0.2) is 9.84 Å². The van der Waals surface area contributed by atoms with Crippen molar-refractivity contribution in [1.29, 1.82) is 0 Å². The number of nitrogens with two attached hydrogens (primary N) is 1. The number of nitrogens with zero attached hydrogens (tertiary/aromatic N) is 1. The van der Waals surface area contributed by atoms with Crippen LogP contribution < -0.4 is 5.73 Å². The minimum Gasteiger partial charge on any atom is -0.338 e. The van der Waals surface area contributed by atoms with Gasteiger partial charge < -0.3 is 10.6 Å². The second kappa shape index (κ2) is 6.02. The predicted octanol–water partition coefficient (Wildman–Crippen LogP) is 0.395. The van der Waals surface area contributed by atoms with E-state index in [9.17, 15) is 13.2 Å². The van der Waals surface area contributed by atoms with Gasteiger partial charge in [0.2, 0.25) is 5.91 Å². The van der Waals surface area contributed by atoms with Crippen LogP contribution in [0.15, 0.2) is 0 Å². The molecule has 1 saturated heterocycles. The van der Waals surface area contributed by atoms with Gasteiger partial charge in [-0.05, 0) is 19.3 Å². The summed E-state index contributed by atoms with van der Waals surface area (Å²) >= 11 is 0. The standard InChI is InChI=1S/C12H24N2O3S/c1-4-9(3)11(13)12(15)14(5-2)10-6-7-18(16,17)8-10/h9-11H,4-8,13H2,1-3H3/t9?,10?,11-/m0/s1. The number of hydrogen-bond acceptors (Lipinski definition) is 4. The van der Waals surface area contributed by atoms with E-state index in [1.165, 1.54) is 0 Å². The Hall–Kier alpha value is -0.620. The van der Waals surface area contributed by atoms with E-state index in [2.05, 4.69) is 0 Å². The van der Waals surface area contributed by atoms with Crippen LogP contribution >= 0.6 is 0 Å². The van der Waals surface area contributed by atoms with Crippen LogP contribution in [0.3, 0.4) is 0 Å². The Morgan fingerprint density at radius 1 is 1.44 bits per heavy atom. The molecular weight excluding hydrogens is 252 g/mol. The Kier molecular flexibility index (Phi) is 5.16. The maximum absolute atomic E-state index is 12.3. The Bertz CT molecular complexity index is 394. The van der Waals surface area contributed by atoms with E-state index in [0.29, 0.717) is 13.0 Å². The summed E-state index contributed by atoms with van der Waals surface area (Å²) in [7, 11) is -2.97. The van der Waals surface area contributed by atoms with Gasteiger partial charge in [-0.2, -0.15) is 0 Å². The van der Waals surface area contributed by atoms with Crippen molar-refractivity contribution in [1.82, 2.24) is 4.90 Å². The molecule has 5 nitrogen and oxygen atoms in total. The third-order valence-electron chi connectivity index (χ3n) is 3.82. The Labute approximate surface area is 110 Å². The molecule has 1 heterocycles. The average Bonchev–Trinajstić information content (AvgIpc) is 2.68. The van der Waals surface area contributed by atoms with Crippen molar-refractivity contribution in [3.05, 3.63) is 0 Å². The lowest BCUT2D eigenvalue weighted by Gasteiger charge is -2.31. The van der Waals surface area contributed by atoms with Gasteiger partial charge in [0.25, 0.3) is 0 Å². The van der Waals surface area contributed by atoms with E-state index in [4.69, 9.17) is 5.73 Å². The molecule has 3 atom stereocenters. The average molecular weight is 276 g/mol. The van der Waals surface area contributed by atoms with Crippen molar-refractivity contribution in [2.75, 3.05) is 18.1 Å². The molecule has 1 fully saturated rings. The number of hydrogen-bond donors (Lipinski definition) is 1. The van der Waals surface area contributed by atoms with E-state index in [1.54, 1.807) is 4.90 Å². The molecule has 0 aromatic carbocycles. The zero-order valence-corrected chi connectivity index (χ0v) is 12.2. The lowest BCUT2D eigenvalue weighted by molar-refractivity contribution is -0.135. The van der Waals surface area contributed by atoms with E-state index in [1.807, 2.05) is 20.8 Å². The largest absolute Gasteiger partial charge is 0.338 e. The fraction of sp³-hybridized carbons (Fsp3) is 0.917. The molecule has 0 bridgehead atoms. The number of likely N-dealkylation sites (N-methyl/N-ethyl adjacent to an activating group) is 1. The summed E-state index contributed by atoms with van der Waals surface area (Å²) in [6.45, 7) is 6.32. The van der Waals surface area contributed by atoms with Crippen LogP contribution in [0.2, 0.25) is 0 Å². The molecule has 6 heteroatoms. The number of amides is 1. The van der Waals surface area contributed by atoms with E-state index in [0.717, 1.165) is 6.42 Å². The maximum atomic E-state index is 12.3. The van der Waals surface area contributed by atoms with Gasteiger partial charge in [-0.3, -0.25) is 4.79 Å². The first-order chi connectivity index (χ1) is 8.32. The molecule has 0 spiro atoms. The number of sulfone groups is 1. The van der Waals surface area contributed by atoms with E-state index < -0.39 is 15.9 Å². The lowest BCUT2D eigenvalue weighted by Crippen LogP contribution is -2.51. The highest BCUT2D eigenvalue weighted by molar-refractivity contribution is 7.91. The predicted molar refractivity (Wildman–Crippen MR) is 71.9 cm³/mol. The summed E-state index contributed by atoms with van der Waals surface area (Å²) < 4.78 is 22.9. The third-order valence-corrected chi connectivity index (χ3v) is 5.57. The molecule has 1 aliphatic heterocycles. The second-order valence-electron chi connectivity index (χ2n) is 5.09. The fourth-order valence-electron chi connectivity index (χ4n) is 2.30. The quantitative estimate of drug-likeness (QED) is 0.788. The molecule has 0 aromatic heterocycles. The van der Waals surface area contributed by atoms with Crippen molar-refractivity contribution in [2.24, 2.45) is 11.7 Å². The highest BCUT2D eigenvalue weighted by atomic mass is 32.2. The first-order valence-corrected chi connectivity index (χ1v) is 8.41. The van der Waals surface area contributed by atoms with Crippen LogP contribution in [-0.2, 0) is 14.6 Å². The zero-order chi connectivity index (χ0) is 13.9. The Morgan fingerprint density at radius 2 is 2.06 bits per heavy atom. The van der Waals surface area contributed by atoms with Crippen molar-refractivity contribution in [3.63, 3.8) is 0 Å². The highest BCUT2D eigenvalue weighted by Crippen LogP contribution is 2.19. The summed E-state index contributed by atoms with van der Waals surface area (Å²) in [6.07, 6.45) is 1.38. The highest BCUT2D eigenvalue weighted by Gasteiger charge is 2.36. The molecule has 2 N–H and O–H groups in total. The minimum atomic E-state index is -2.97. The smallest absolute Gasteiger partial charge is 0.240 e. The summed E-state index contributed by atoms with van der Waals surface area (Å²) in [6, 6.07) is -0.721. The minimum absolute atomic E-state index is 0.0831. The normalized spacial score (nSPS) is 25.7. The molecule has 106 valence electrons. The summed E-state index contributed by atoms with van der Waals surface area (Å²) in [5.41, 5.74) is 5.94. The number of carbonyl (C=O) groups is 1. The number of rotatable bonds is 5. The number of carbonyl (C=O) groups excluding carboxylic acids is 1. The van der Waals surface area contributed by atoms with Crippen LogP contribution in [0.25, 0.3) is 0 Å². The van der Waals surface area contributed by atoms with Crippen molar-refractivity contribution >= 4 is 15.7 Å². The van der Waals surface area contributed by atoms with Gasteiger partial charge in [0.1, 0.15) is 0 Å². The Morgan fingerprint density at radius 3 is 2.44 bits per heavy atom. The molecule has 0 aliphatic carbocycles. The van der Waals surface area contributed by atoms with E-state index in [-0.39, 0.29) is 29.4 Å². The van der Waals surface area contributed by atoms with Crippen molar-refractivity contribution in [3.8, 4) is 0 Å². The molecule has 18 heavy (non-hydrogen) atoms. The molecule has 1 aliphatic rings. The molecule has 2 unspecified atom stereocenters. The second-order valence-corrected chi connectivity index (χ2v) is 7.32. The van der Waals surface area contributed by atoms with E-state index >= 15 is 0 Å². The molecule has 0 saturated carbocycles. The van der Waals surface area contributed by atoms with Crippen LogP contribution in [0.4, 0.5) is 0 Å². The molecular formula is C12H24N2O3S. The van der Waals surface area contributed by atoms with Gasteiger partial charge in [0, 0.05) is 12.6 Å². The summed E-state index contributed by atoms with van der Waals surface area (Å²) in [5.74, 6) is 0.262. The van der Waals surface area contributed by atoms with Gasteiger partial charge in [-0.25, -0.2) is 8.42 Å². The summed E-state index contributed by atoms with van der Waals surface area (Å²) in [5, 5.41) is 0. The molecule has 1 amide bonds. The molecule has 0 aromatic rings. The van der Waals surface area contributed by atoms with Crippen LogP contribution in [0.1, 0.15) is 33.6 Å². The zero-order valence-electron chi connectivity index (χ0n) is 11.4. The summed E-state index contributed by atoms with van der Waals surface area (Å²) in [4.78, 5) is 13.9. The van der Waals surface area contributed by atoms with Gasteiger partial charge in [0.05, 0.1) is 17.5 Å². The first kappa shape index (κ1) is 15.4. The van der Waals surface area contributed by atoms with Crippen molar-refractivity contribution < 1.29 is 13.2 Å². The first-order valence-electron chi connectivity index (χ1n) is 6.58. The SMILES string of the molecule is CCC(C)[C@H](N)C(=O)N(CC)C1CCS(=O)(=O)C1. The third kappa shape index (κ3) is 3.45. The maximum Gasteiger partial charge on any atom is 0.240 e. The fourth-order valence-corrected chi connectivity index (χ4v) is 4.03. The van der Waals surface area contributed by atoms with Crippen LogP contribution in [-0.4, -0.2) is 49.4 Å². The Balaban J connectivity index is 2.75.